The summed E-state index contributed by atoms with van der Waals surface area (Å²) < 4.78 is 12.9. The molecule has 1 aromatic carbocycles. The molecule has 1 unspecified atom stereocenters. The number of nitrogens with zero attached hydrogens (tertiary/aromatic N) is 1. The molecule has 2 amide bonds. The van der Waals surface area contributed by atoms with E-state index in [0.29, 0.717) is 17.2 Å². The summed E-state index contributed by atoms with van der Waals surface area (Å²) in [5.41, 5.74) is 0.405. The van der Waals surface area contributed by atoms with Gasteiger partial charge in [-0.3, -0.25) is 14.4 Å². The van der Waals surface area contributed by atoms with Gasteiger partial charge in [0.15, 0.2) is 0 Å². The molecule has 8 heteroatoms. The van der Waals surface area contributed by atoms with E-state index in [-0.39, 0.29) is 19.0 Å². The Labute approximate surface area is 130 Å². The van der Waals surface area contributed by atoms with Gasteiger partial charge in [-0.25, -0.2) is 4.39 Å². The molecule has 0 aliphatic carbocycles. The van der Waals surface area contributed by atoms with Crippen molar-refractivity contribution in [3.05, 3.63) is 35.6 Å². The molecule has 2 rings (SSSR count). The first-order valence-electron chi connectivity index (χ1n) is 6.58. The molecule has 0 bridgehead atoms. The van der Waals surface area contributed by atoms with E-state index >= 15 is 0 Å². The predicted molar refractivity (Wildman–Crippen MR) is 78.8 cm³/mol. The van der Waals surface area contributed by atoms with Crippen LogP contribution in [0.25, 0.3) is 0 Å². The number of carboxylic acid groups (broad SMARTS) is 1. The van der Waals surface area contributed by atoms with Crippen LogP contribution in [0, 0.1) is 5.82 Å². The van der Waals surface area contributed by atoms with Crippen LogP contribution >= 0.6 is 11.8 Å². The normalized spacial score (nSPS) is 15.7. The summed E-state index contributed by atoms with van der Waals surface area (Å²) in [6.45, 7) is -0.198. The van der Waals surface area contributed by atoms with E-state index in [9.17, 15) is 23.9 Å². The second-order valence-electron chi connectivity index (χ2n) is 4.82. The summed E-state index contributed by atoms with van der Waals surface area (Å²) >= 11 is 1.43. The molecule has 1 saturated heterocycles. The van der Waals surface area contributed by atoms with Gasteiger partial charge in [-0.15, -0.1) is 11.8 Å². The molecule has 1 aromatic rings. The maximum atomic E-state index is 12.9. The lowest BCUT2D eigenvalue weighted by Crippen LogP contribution is -2.40. The molecule has 1 aliphatic rings. The molecule has 1 heterocycles. The van der Waals surface area contributed by atoms with Crippen molar-refractivity contribution in [2.45, 2.75) is 5.92 Å². The summed E-state index contributed by atoms with van der Waals surface area (Å²) in [6, 6.07) is 5.10. The summed E-state index contributed by atoms with van der Waals surface area (Å²) in [5.74, 6) is -2.22. The standard InChI is InChI=1S/C14H15FN2O4S/c15-10-3-1-9(2-4-10)11(14(20)21)5-16-12(18)6-17-8-22-7-13(17)19/h1-4,11H,5-8H2,(H,16,18)(H,20,21). The third kappa shape index (κ3) is 4.20. The van der Waals surface area contributed by atoms with E-state index in [1.165, 1.54) is 40.9 Å². The SMILES string of the molecule is O=C(CN1CSCC1=O)NCC(C(=O)O)c1ccc(F)cc1. The predicted octanol–water partition coefficient (Wildman–Crippen LogP) is 0.643. The highest BCUT2D eigenvalue weighted by atomic mass is 32.2. The first kappa shape index (κ1) is 16.3. The van der Waals surface area contributed by atoms with Crippen LogP contribution in [0.2, 0.25) is 0 Å². The van der Waals surface area contributed by atoms with Crippen LogP contribution in [0.5, 0.6) is 0 Å². The zero-order valence-corrected chi connectivity index (χ0v) is 12.4. The Morgan fingerprint density at radius 1 is 1.36 bits per heavy atom. The summed E-state index contributed by atoms with van der Waals surface area (Å²) in [7, 11) is 0. The first-order valence-corrected chi connectivity index (χ1v) is 7.73. The third-order valence-corrected chi connectivity index (χ3v) is 4.18. The number of thioether (sulfide) groups is 1. The smallest absolute Gasteiger partial charge is 0.312 e. The average molecular weight is 326 g/mol. The van der Waals surface area contributed by atoms with Gasteiger partial charge in [0.25, 0.3) is 0 Å². The number of halogens is 1. The van der Waals surface area contributed by atoms with Crippen LogP contribution in [0.3, 0.4) is 0 Å². The van der Waals surface area contributed by atoms with Gasteiger partial charge in [0.1, 0.15) is 12.4 Å². The molecular weight excluding hydrogens is 311 g/mol. The molecule has 22 heavy (non-hydrogen) atoms. The molecule has 6 nitrogen and oxygen atoms in total. The van der Waals surface area contributed by atoms with Crippen LogP contribution in [0.4, 0.5) is 4.39 Å². The summed E-state index contributed by atoms with van der Waals surface area (Å²) in [5, 5.41) is 11.7. The maximum Gasteiger partial charge on any atom is 0.312 e. The van der Waals surface area contributed by atoms with E-state index in [1.54, 1.807) is 0 Å². The number of aliphatic carboxylic acids is 1. The van der Waals surface area contributed by atoms with Crippen molar-refractivity contribution in [1.29, 1.82) is 0 Å². The number of carbonyl (C=O) groups is 3. The maximum absolute atomic E-state index is 12.9. The van der Waals surface area contributed by atoms with Crippen molar-refractivity contribution in [2.75, 3.05) is 24.7 Å². The summed E-state index contributed by atoms with van der Waals surface area (Å²) in [4.78, 5) is 35.9. The van der Waals surface area contributed by atoms with Crippen molar-refractivity contribution in [2.24, 2.45) is 0 Å². The monoisotopic (exact) mass is 326 g/mol. The minimum Gasteiger partial charge on any atom is -0.481 e. The van der Waals surface area contributed by atoms with Crippen molar-refractivity contribution in [3.63, 3.8) is 0 Å². The number of carboxylic acids is 1. The fraction of sp³-hybridized carbons (Fsp3) is 0.357. The quantitative estimate of drug-likeness (QED) is 0.801. The summed E-state index contributed by atoms with van der Waals surface area (Å²) in [6.07, 6.45) is 0. The molecule has 0 spiro atoms. The Morgan fingerprint density at radius 2 is 2.05 bits per heavy atom. The Hall–Kier alpha value is -2.09. The van der Waals surface area contributed by atoms with E-state index < -0.39 is 23.6 Å². The Kier molecular flexibility index (Phi) is 5.37. The minimum atomic E-state index is -1.11. The van der Waals surface area contributed by atoms with E-state index in [1.807, 2.05) is 0 Å². The van der Waals surface area contributed by atoms with E-state index in [4.69, 9.17) is 0 Å². The van der Waals surface area contributed by atoms with Crippen molar-refractivity contribution >= 4 is 29.5 Å². The lowest BCUT2D eigenvalue weighted by atomic mass is 9.99. The first-order chi connectivity index (χ1) is 10.5. The van der Waals surface area contributed by atoms with Gasteiger partial charge >= 0.3 is 5.97 Å². The lowest BCUT2D eigenvalue weighted by Gasteiger charge is -2.17. The number of amides is 2. The second kappa shape index (κ2) is 7.26. The highest BCUT2D eigenvalue weighted by Crippen LogP contribution is 2.16. The van der Waals surface area contributed by atoms with E-state index in [2.05, 4.69) is 5.32 Å². The molecule has 0 saturated carbocycles. The number of benzene rings is 1. The van der Waals surface area contributed by atoms with Gasteiger partial charge in [0, 0.05) is 6.54 Å². The van der Waals surface area contributed by atoms with Gasteiger partial charge in [0.05, 0.1) is 17.5 Å². The van der Waals surface area contributed by atoms with Crippen LogP contribution in [-0.4, -0.2) is 52.5 Å². The Bertz CT molecular complexity index is 579. The highest BCUT2D eigenvalue weighted by Gasteiger charge is 2.24. The number of carbonyl (C=O) groups excluding carboxylic acids is 2. The van der Waals surface area contributed by atoms with Crippen molar-refractivity contribution in [3.8, 4) is 0 Å². The fourth-order valence-electron chi connectivity index (χ4n) is 2.03. The third-order valence-electron chi connectivity index (χ3n) is 3.23. The molecule has 0 radical (unpaired) electrons. The van der Waals surface area contributed by atoms with Crippen molar-refractivity contribution < 1.29 is 23.9 Å². The molecule has 0 aromatic heterocycles. The van der Waals surface area contributed by atoms with Crippen molar-refractivity contribution in [1.82, 2.24) is 10.2 Å². The van der Waals surface area contributed by atoms with Crippen LogP contribution < -0.4 is 5.32 Å². The average Bonchev–Trinajstić information content (AvgIpc) is 2.86. The van der Waals surface area contributed by atoms with Gasteiger partial charge < -0.3 is 15.3 Å². The Morgan fingerprint density at radius 3 is 2.59 bits per heavy atom. The van der Waals surface area contributed by atoms with Crippen LogP contribution in [-0.2, 0) is 14.4 Å². The number of hydrogen-bond acceptors (Lipinski definition) is 4. The molecule has 1 atom stereocenters. The Balaban J connectivity index is 1.91. The van der Waals surface area contributed by atoms with Crippen LogP contribution in [0.1, 0.15) is 11.5 Å². The number of rotatable bonds is 6. The number of nitrogens with one attached hydrogen (secondary N) is 1. The van der Waals surface area contributed by atoms with Gasteiger partial charge in [-0.2, -0.15) is 0 Å². The molecule has 118 valence electrons. The largest absolute Gasteiger partial charge is 0.481 e. The molecule has 1 aliphatic heterocycles. The highest BCUT2D eigenvalue weighted by molar-refractivity contribution is 8.00. The van der Waals surface area contributed by atoms with E-state index in [0.717, 1.165) is 0 Å². The lowest BCUT2D eigenvalue weighted by molar-refractivity contribution is -0.139. The zero-order valence-electron chi connectivity index (χ0n) is 11.6. The molecule has 2 N–H and O–H groups in total. The number of hydrogen-bond donors (Lipinski definition) is 2. The van der Waals surface area contributed by atoms with Gasteiger partial charge in [-0.1, -0.05) is 12.1 Å². The van der Waals surface area contributed by atoms with Crippen LogP contribution in [0.15, 0.2) is 24.3 Å². The molecular formula is C14H15FN2O4S. The fourth-order valence-corrected chi connectivity index (χ4v) is 2.93. The molecule has 1 fully saturated rings. The van der Waals surface area contributed by atoms with Gasteiger partial charge in [0.2, 0.25) is 11.8 Å². The zero-order chi connectivity index (χ0) is 16.1. The second-order valence-corrected chi connectivity index (χ2v) is 5.77. The topological polar surface area (TPSA) is 86.7 Å². The van der Waals surface area contributed by atoms with Gasteiger partial charge in [-0.05, 0) is 17.7 Å². The minimum absolute atomic E-state index is 0.0818.